The van der Waals surface area contributed by atoms with Crippen molar-refractivity contribution in [1.82, 2.24) is 15.5 Å². The Morgan fingerprint density at radius 2 is 2.16 bits per heavy atom. The average Bonchev–Trinajstić information content (AvgIpc) is 2.84. The molecule has 0 aliphatic carbocycles. The van der Waals surface area contributed by atoms with Gasteiger partial charge in [0.2, 0.25) is 11.7 Å². The zero-order chi connectivity index (χ0) is 13.1. The van der Waals surface area contributed by atoms with Crippen molar-refractivity contribution in [2.75, 3.05) is 12.3 Å². The van der Waals surface area contributed by atoms with Crippen LogP contribution in [0.5, 0.6) is 0 Å². The largest absolute Gasteiger partial charge is 0.337 e. The molecule has 0 amide bonds. The Labute approximate surface area is 117 Å². The zero-order valence-corrected chi connectivity index (χ0v) is 11.2. The number of nitrogens with zero attached hydrogens (tertiary/aromatic N) is 2. The van der Waals surface area contributed by atoms with Crippen molar-refractivity contribution in [3.8, 4) is 23.2 Å². The van der Waals surface area contributed by atoms with Gasteiger partial charge in [-0.3, -0.25) is 0 Å². The fourth-order valence-electron chi connectivity index (χ4n) is 1.84. The minimum Gasteiger partial charge on any atom is -0.337 e. The lowest BCUT2D eigenvalue weighted by Crippen LogP contribution is -2.35. The third kappa shape index (κ3) is 2.65. The van der Waals surface area contributed by atoms with Crippen molar-refractivity contribution < 1.29 is 4.52 Å². The first-order valence-corrected chi connectivity index (χ1v) is 6.77. The average molecular weight is 271 g/mol. The highest BCUT2D eigenvalue weighted by molar-refractivity contribution is 7.80. The Balaban J connectivity index is 1.79. The second kappa shape index (κ2) is 5.47. The quantitative estimate of drug-likeness (QED) is 0.648. The Hall–Kier alpha value is -1.77. The van der Waals surface area contributed by atoms with Crippen LogP contribution in [0.15, 0.2) is 28.8 Å². The van der Waals surface area contributed by atoms with Gasteiger partial charge >= 0.3 is 0 Å². The number of rotatable bonds is 2. The topological polar surface area (TPSA) is 51.0 Å². The lowest BCUT2D eigenvalue weighted by molar-refractivity contribution is 0.273. The Morgan fingerprint density at radius 3 is 2.79 bits per heavy atom. The Morgan fingerprint density at radius 1 is 1.37 bits per heavy atom. The van der Waals surface area contributed by atoms with Crippen LogP contribution < -0.4 is 5.32 Å². The van der Waals surface area contributed by atoms with Crippen LogP contribution >= 0.6 is 12.6 Å². The molecule has 2 heterocycles. The van der Waals surface area contributed by atoms with Crippen LogP contribution in [0.3, 0.4) is 0 Å². The van der Waals surface area contributed by atoms with Gasteiger partial charge in [-0.25, -0.2) is 0 Å². The summed E-state index contributed by atoms with van der Waals surface area (Å²) in [6.45, 7) is 1.01. The number of hydrogen-bond donors (Lipinski definition) is 2. The number of benzene rings is 1. The van der Waals surface area contributed by atoms with Gasteiger partial charge in [-0.05, 0) is 37.2 Å². The second-order valence-electron chi connectivity index (χ2n) is 4.29. The van der Waals surface area contributed by atoms with E-state index in [1.165, 1.54) is 0 Å². The van der Waals surface area contributed by atoms with Gasteiger partial charge in [0.15, 0.2) is 0 Å². The van der Waals surface area contributed by atoms with E-state index in [9.17, 15) is 0 Å². The van der Waals surface area contributed by atoms with Crippen LogP contribution in [0.25, 0.3) is 11.4 Å². The summed E-state index contributed by atoms with van der Waals surface area (Å²) < 4.78 is 5.26. The number of aromatic nitrogens is 2. The molecule has 1 aromatic carbocycles. The van der Waals surface area contributed by atoms with Gasteiger partial charge in [-0.1, -0.05) is 17.0 Å². The maximum Gasteiger partial charge on any atom is 0.244 e. The summed E-state index contributed by atoms with van der Waals surface area (Å²) in [4.78, 5) is 4.41. The zero-order valence-electron chi connectivity index (χ0n) is 10.3. The van der Waals surface area contributed by atoms with Crippen LogP contribution in [0, 0.1) is 11.8 Å². The number of hydrogen-bond acceptors (Lipinski definition) is 5. The molecule has 1 aromatic heterocycles. The summed E-state index contributed by atoms with van der Waals surface area (Å²) in [5.41, 5.74) is 1.90. The number of thiol groups is 1. The maximum absolute atomic E-state index is 5.26. The first-order valence-electron chi connectivity index (χ1n) is 6.14. The third-order valence-corrected chi connectivity index (χ3v) is 3.18. The molecule has 0 saturated carbocycles. The van der Waals surface area contributed by atoms with E-state index in [0.29, 0.717) is 17.5 Å². The van der Waals surface area contributed by atoms with E-state index in [0.717, 1.165) is 24.1 Å². The molecule has 4 nitrogen and oxygen atoms in total. The predicted molar refractivity (Wildman–Crippen MR) is 75.8 cm³/mol. The van der Waals surface area contributed by atoms with Crippen molar-refractivity contribution in [2.45, 2.75) is 12.5 Å². The molecule has 1 saturated heterocycles. The molecule has 1 fully saturated rings. The summed E-state index contributed by atoms with van der Waals surface area (Å²) in [5, 5.41) is 7.24. The molecule has 0 radical (unpaired) electrons. The molecule has 2 aromatic rings. The molecule has 0 bridgehead atoms. The van der Waals surface area contributed by atoms with Crippen molar-refractivity contribution in [3.63, 3.8) is 0 Å². The SMILES string of the molecule is SCC#Cc1ccc(-c2noc([C@@H]3CCN3)n2)cc1. The molecule has 1 atom stereocenters. The molecule has 1 N–H and O–H groups in total. The molecular weight excluding hydrogens is 258 g/mol. The van der Waals surface area contributed by atoms with E-state index in [4.69, 9.17) is 4.52 Å². The summed E-state index contributed by atoms with van der Waals surface area (Å²) in [5.74, 6) is 7.78. The maximum atomic E-state index is 5.26. The highest BCUT2D eigenvalue weighted by atomic mass is 32.1. The van der Waals surface area contributed by atoms with Crippen LogP contribution in [-0.2, 0) is 0 Å². The molecule has 1 aliphatic rings. The van der Waals surface area contributed by atoms with E-state index in [1.807, 2.05) is 24.3 Å². The van der Waals surface area contributed by atoms with E-state index >= 15 is 0 Å². The van der Waals surface area contributed by atoms with Gasteiger partial charge in [-0.15, -0.1) is 0 Å². The molecule has 3 rings (SSSR count). The third-order valence-electron chi connectivity index (χ3n) is 3.02. The molecule has 5 heteroatoms. The normalized spacial score (nSPS) is 17.4. The molecule has 96 valence electrons. The summed E-state index contributed by atoms with van der Waals surface area (Å²) in [6.07, 6.45) is 1.06. The summed E-state index contributed by atoms with van der Waals surface area (Å²) in [6, 6.07) is 8.02. The van der Waals surface area contributed by atoms with Gasteiger partial charge in [-0.2, -0.15) is 17.6 Å². The lowest BCUT2D eigenvalue weighted by atomic mass is 10.1. The summed E-state index contributed by atoms with van der Waals surface area (Å²) in [7, 11) is 0. The monoisotopic (exact) mass is 271 g/mol. The van der Waals surface area contributed by atoms with E-state index in [1.54, 1.807) is 0 Å². The van der Waals surface area contributed by atoms with Gasteiger partial charge < -0.3 is 9.84 Å². The minimum absolute atomic E-state index is 0.224. The van der Waals surface area contributed by atoms with Crippen molar-refractivity contribution in [2.24, 2.45) is 0 Å². The second-order valence-corrected chi connectivity index (χ2v) is 4.61. The molecular formula is C14H13N3OS. The standard InChI is InChI=1S/C14H13N3OS/c19-9-1-2-10-3-5-11(6-4-10)13-16-14(18-17-13)12-7-8-15-12/h3-6,12,15,19H,7-9H2/t12-/m0/s1. The van der Waals surface area contributed by atoms with Gasteiger partial charge in [0.25, 0.3) is 0 Å². The fraction of sp³-hybridized carbons (Fsp3) is 0.286. The lowest BCUT2D eigenvalue weighted by Gasteiger charge is -2.23. The van der Waals surface area contributed by atoms with Crippen molar-refractivity contribution in [1.29, 1.82) is 0 Å². The molecule has 19 heavy (non-hydrogen) atoms. The Kier molecular flexibility index (Phi) is 3.53. The molecule has 1 aliphatic heterocycles. The van der Waals surface area contributed by atoms with Gasteiger partial charge in [0.1, 0.15) is 0 Å². The fourth-order valence-corrected chi connectivity index (χ4v) is 1.92. The smallest absolute Gasteiger partial charge is 0.244 e. The molecule has 0 spiro atoms. The predicted octanol–water partition coefficient (Wildman–Crippen LogP) is 2.05. The van der Waals surface area contributed by atoms with Crippen molar-refractivity contribution in [3.05, 3.63) is 35.7 Å². The van der Waals surface area contributed by atoms with Gasteiger partial charge in [0.05, 0.1) is 11.8 Å². The van der Waals surface area contributed by atoms with Gasteiger partial charge in [0, 0.05) is 11.1 Å². The van der Waals surface area contributed by atoms with Crippen molar-refractivity contribution >= 4 is 12.6 Å². The number of nitrogens with one attached hydrogen (secondary N) is 1. The highest BCUT2D eigenvalue weighted by Gasteiger charge is 2.24. The first-order chi connectivity index (χ1) is 9.36. The van der Waals surface area contributed by atoms with Crippen LogP contribution in [0.2, 0.25) is 0 Å². The van der Waals surface area contributed by atoms with E-state index in [2.05, 4.69) is 39.9 Å². The molecule has 0 unspecified atom stereocenters. The van der Waals surface area contributed by atoms with Crippen LogP contribution in [-0.4, -0.2) is 22.4 Å². The van der Waals surface area contributed by atoms with Crippen LogP contribution in [0.1, 0.15) is 23.9 Å². The van der Waals surface area contributed by atoms with E-state index in [-0.39, 0.29) is 6.04 Å². The Bertz CT molecular complexity index is 620. The summed E-state index contributed by atoms with van der Waals surface area (Å²) >= 11 is 4.05. The minimum atomic E-state index is 0.224. The highest BCUT2D eigenvalue weighted by Crippen LogP contribution is 2.24. The first kappa shape index (κ1) is 12.3. The van der Waals surface area contributed by atoms with Crippen LogP contribution in [0.4, 0.5) is 0 Å². The van der Waals surface area contributed by atoms with E-state index < -0.39 is 0 Å².